The summed E-state index contributed by atoms with van der Waals surface area (Å²) < 4.78 is 11.4. The van der Waals surface area contributed by atoms with Crippen molar-refractivity contribution in [2.45, 2.75) is 31.9 Å². The number of carbonyl (C=O) groups excluding carboxylic acids is 1. The largest absolute Gasteiger partial charge is 0.508 e. The van der Waals surface area contributed by atoms with Crippen molar-refractivity contribution in [1.29, 1.82) is 0 Å². The first kappa shape index (κ1) is 19.5. The normalized spacial score (nSPS) is 18.5. The maximum absolute atomic E-state index is 13.1. The second-order valence-corrected chi connectivity index (χ2v) is 8.11. The SMILES string of the molecule is O=C([C@@H]1CN(Cc2cc(=O)oc3cc(O)ccc23)c2ccccc2O1)N1CCCCC1. The number of aromatic hydroxyl groups is 1. The van der Waals surface area contributed by atoms with Gasteiger partial charge in [0.1, 0.15) is 17.1 Å². The van der Waals surface area contributed by atoms with E-state index in [0.29, 0.717) is 24.4 Å². The number of amides is 1. The van der Waals surface area contributed by atoms with Gasteiger partial charge in [0, 0.05) is 37.2 Å². The third-order valence-corrected chi connectivity index (χ3v) is 5.98. The molecule has 3 heterocycles. The van der Waals surface area contributed by atoms with Crippen LogP contribution in [-0.4, -0.2) is 41.7 Å². The molecular weight excluding hydrogens is 396 g/mol. The molecule has 160 valence electrons. The topological polar surface area (TPSA) is 83.2 Å². The summed E-state index contributed by atoms with van der Waals surface area (Å²) in [7, 11) is 0. The lowest BCUT2D eigenvalue weighted by atomic mass is 10.1. The molecule has 0 radical (unpaired) electrons. The molecule has 2 aliphatic heterocycles. The number of benzene rings is 2. The summed E-state index contributed by atoms with van der Waals surface area (Å²) in [6.45, 7) is 2.35. The molecule has 2 aliphatic rings. The van der Waals surface area contributed by atoms with E-state index in [9.17, 15) is 14.7 Å². The lowest BCUT2D eigenvalue weighted by Gasteiger charge is -2.38. The summed E-state index contributed by atoms with van der Waals surface area (Å²) in [4.78, 5) is 29.3. The van der Waals surface area contributed by atoms with E-state index in [-0.39, 0.29) is 11.7 Å². The van der Waals surface area contributed by atoms with Crippen LogP contribution in [0, 0.1) is 0 Å². The van der Waals surface area contributed by atoms with Gasteiger partial charge in [-0.25, -0.2) is 4.79 Å². The Bertz CT molecular complexity index is 1180. The van der Waals surface area contributed by atoms with E-state index in [0.717, 1.165) is 49.0 Å². The second-order valence-electron chi connectivity index (χ2n) is 8.11. The average Bonchev–Trinajstić information content (AvgIpc) is 2.78. The summed E-state index contributed by atoms with van der Waals surface area (Å²) in [6, 6.07) is 13.9. The predicted octanol–water partition coefficient (Wildman–Crippen LogP) is 3.28. The van der Waals surface area contributed by atoms with Gasteiger partial charge >= 0.3 is 5.63 Å². The first-order valence-electron chi connectivity index (χ1n) is 10.6. The molecule has 1 N–H and O–H groups in total. The minimum atomic E-state index is -0.594. The van der Waals surface area contributed by atoms with Gasteiger partial charge in [0.25, 0.3) is 5.91 Å². The van der Waals surface area contributed by atoms with E-state index < -0.39 is 11.7 Å². The van der Waals surface area contributed by atoms with Crippen LogP contribution in [0.1, 0.15) is 24.8 Å². The van der Waals surface area contributed by atoms with E-state index in [1.54, 1.807) is 12.1 Å². The number of ether oxygens (including phenoxy) is 1. The maximum Gasteiger partial charge on any atom is 0.336 e. The number of hydrogen-bond acceptors (Lipinski definition) is 6. The molecule has 1 saturated heterocycles. The number of phenolic OH excluding ortho intramolecular Hbond substituents is 1. The highest BCUT2D eigenvalue weighted by molar-refractivity contribution is 5.84. The van der Waals surface area contributed by atoms with E-state index >= 15 is 0 Å². The van der Waals surface area contributed by atoms with Crippen LogP contribution in [0.3, 0.4) is 0 Å². The number of carbonyl (C=O) groups is 1. The lowest BCUT2D eigenvalue weighted by Crippen LogP contribution is -2.51. The van der Waals surface area contributed by atoms with E-state index in [4.69, 9.17) is 9.15 Å². The van der Waals surface area contributed by atoms with Gasteiger partial charge in [-0.15, -0.1) is 0 Å². The van der Waals surface area contributed by atoms with Crippen LogP contribution in [0.25, 0.3) is 11.0 Å². The number of para-hydroxylation sites is 2. The molecule has 0 aliphatic carbocycles. The van der Waals surface area contributed by atoms with Crippen LogP contribution in [-0.2, 0) is 11.3 Å². The summed E-state index contributed by atoms with van der Waals surface area (Å²) in [6.07, 6.45) is 2.61. The summed E-state index contributed by atoms with van der Waals surface area (Å²) >= 11 is 0. The molecule has 2 aromatic carbocycles. The maximum atomic E-state index is 13.1. The zero-order chi connectivity index (χ0) is 21.4. The molecule has 1 atom stereocenters. The summed E-state index contributed by atoms with van der Waals surface area (Å²) in [5.41, 5.74) is 1.51. The quantitative estimate of drug-likeness (QED) is 0.655. The van der Waals surface area contributed by atoms with Gasteiger partial charge in [0.05, 0.1) is 12.2 Å². The van der Waals surface area contributed by atoms with Crippen molar-refractivity contribution in [3.63, 3.8) is 0 Å². The summed E-state index contributed by atoms with van der Waals surface area (Å²) in [5.74, 6) is 0.715. The Morgan fingerprint density at radius 3 is 2.71 bits per heavy atom. The Morgan fingerprint density at radius 1 is 1.06 bits per heavy atom. The van der Waals surface area contributed by atoms with Gasteiger partial charge in [-0.3, -0.25) is 4.79 Å². The van der Waals surface area contributed by atoms with Gasteiger partial charge in [-0.1, -0.05) is 12.1 Å². The Morgan fingerprint density at radius 2 is 1.87 bits per heavy atom. The van der Waals surface area contributed by atoms with Crippen molar-refractivity contribution in [3.8, 4) is 11.5 Å². The molecule has 0 saturated carbocycles. The second kappa shape index (κ2) is 7.98. The Hall–Kier alpha value is -3.48. The lowest BCUT2D eigenvalue weighted by molar-refractivity contribution is -0.139. The number of piperidine rings is 1. The Labute approximate surface area is 179 Å². The van der Waals surface area contributed by atoms with E-state index in [1.165, 1.54) is 12.1 Å². The zero-order valence-corrected chi connectivity index (χ0v) is 17.1. The van der Waals surface area contributed by atoms with Crippen LogP contribution in [0.4, 0.5) is 5.69 Å². The van der Waals surface area contributed by atoms with Gasteiger partial charge in [-0.2, -0.15) is 0 Å². The Kier molecular flexibility index (Phi) is 5.02. The predicted molar refractivity (Wildman–Crippen MR) is 116 cm³/mol. The molecular formula is C24H24N2O5. The van der Waals surface area contributed by atoms with Crippen LogP contribution in [0.5, 0.6) is 11.5 Å². The highest BCUT2D eigenvalue weighted by Crippen LogP contribution is 2.35. The van der Waals surface area contributed by atoms with Gasteiger partial charge < -0.3 is 24.1 Å². The molecule has 0 spiro atoms. The standard InChI is InChI=1S/C24H24N2O5/c27-17-8-9-18-16(12-23(28)31-21(18)13-17)14-26-15-22(24(29)25-10-4-1-5-11-25)30-20-7-3-2-6-19(20)26/h2-3,6-9,12-13,22,27H,1,4-5,10-11,14-15H2/t22-/m0/s1. The first-order chi connectivity index (χ1) is 15.1. The summed E-state index contributed by atoms with van der Waals surface area (Å²) in [5, 5.41) is 10.5. The number of fused-ring (bicyclic) bond motifs is 2. The molecule has 7 heteroatoms. The highest BCUT2D eigenvalue weighted by Gasteiger charge is 2.34. The number of anilines is 1. The van der Waals surface area contributed by atoms with Gasteiger partial charge in [-0.05, 0) is 49.1 Å². The zero-order valence-electron chi connectivity index (χ0n) is 17.1. The van der Waals surface area contributed by atoms with Crippen LogP contribution in [0.2, 0.25) is 0 Å². The number of phenols is 1. The van der Waals surface area contributed by atoms with E-state index in [1.807, 2.05) is 29.2 Å². The van der Waals surface area contributed by atoms with Crippen molar-refractivity contribution in [2.24, 2.45) is 0 Å². The van der Waals surface area contributed by atoms with Crippen molar-refractivity contribution in [2.75, 3.05) is 24.5 Å². The average molecular weight is 420 g/mol. The van der Waals surface area contributed by atoms with Gasteiger partial charge in [0.2, 0.25) is 0 Å². The van der Waals surface area contributed by atoms with E-state index in [2.05, 4.69) is 4.90 Å². The molecule has 1 aromatic heterocycles. The van der Waals surface area contributed by atoms with Crippen molar-refractivity contribution in [1.82, 2.24) is 4.90 Å². The molecule has 31 heavy (non-hydrogen) atoms. The fraction of sp³-hybridized carbons (Fsp3) is 0.333. The minimum Gasteiger partial charge on any atom is -0.508 e. The molecule has 0 unspecified atom stereocenters. The monoisotopic (exact) mass is 420 g/mol. The van der Waals surface area contributed by atoms with Crippen LogP contribution >= 0.6 is 0 Å². The van der Waals surface area contributed by atoms with Crippen LogP contribution in [0.15, 0.2) is 57.7 Å². The number of likely N-dealkylation sites (tertiary alicyclic amines) is 1. The molecule has 5 rings (SSSR count). The van der Waals surface area contributed by atoms with Crippen LogP contribution < -0.4 is 15.3 Å². The highest BCUT2D eigenvalue weighted by atomic mass is 16.5. The third-order valence-electron chi connectivity index (χ3n) is 5.98. The first-order valence-corrected chi connectivity index (χ1v) is 10.6. The molecule has 3 aromatic rings. The molecule has 7 nitrogen and oxygen atoms in total. The third kappa shape index (κ3) is 3.83. The van der Waals surface area contributed by atoms with Crippen molar-refractivity contribution >= 4 is 22.6 Å². The minimum absolute atomic E-state index is 0.0153. The fourth-order valence-electron chi connectivity index (χ4n) is 4.46. The molecule has 0 bridgehead atoms. The number of rotatable bonds is 3. The smallest absolute Gasteiger partial charge is 0.336 e. The molecule has 1 fully saturated rings. The fourth-order valence-corrected chi connectivity index (χ4v) is 4.46. The number of hydrogen-bond donors (Lipinski definition) is 1. The van der Waals surface area contributed by atoms with Crippen molar-refractivity contribution in [3.05, 3.63) is 64.5 Å². The van der Waals surface area contributed by atoms with Crippen molar-refractivity contribution < 1.29 is 19.1 Å². The number of nitrogens with zero attached hydrogens (tertiary/aromatic N) is 2. The molecule has 1 amide bonds. The van der Waals surface area contributed by atoms with Gasteiger partial charge in [0.15, 0.2) is 6.10 Å². The Balaban J connectivity index is 1.49.